The second-order valence-corrected chi connectivity index (χ2v) is 4.07. The molecule has 0 saturated carbocycles. The predicted molar refractivity (Wildman–Crippen MR) is 69.9 cm³/mol. The Morgan fingerprint density at radius 3 is 2.59 bits per heavy atom. The summed E-state index contributed by atoms with van der Waals surface area (Å²) in [5, 5.41) is 3.52. The molecule has 0 radical (unpaired) electrons. The normalized spacial score (nSPS) is 12.1. The van der Waals surface area contributed by atoms with E-state index in [1.807, 2.05) is 31.6 Å². The third kappa shape index (κ3) is 3.03. The molecule has 0 aliphatic rings. The van der Waals surface area contributed by atoms with Crippen molar-refractivity contribution >= 4 is 5.69 Å². The van der Waals surface area contributed by atoms with Gasteiger partial charge in [0, 0.05) is 30.0 Å². The largest absolute Gasteiger partial charge is 0.378 e. The fourth-order valence-corrected chi connectivity index (χ4v) is 1.85. The molecule has 1 N–H and O–H groups in total. The molecule has 2 heterocycles. The smallest absolute Gasteiger partial charge is 0.0512 e. The van der Waals surface area contributed by atoms with Crippen LogP contribution in [-0.4, -0.2) is 9.97 Å². The lowest BCUT2D eigenvalue weighted by Crippen LogP contribution is -2.09. The van der Waals surface area contributed by atoms with Crippen LogP contribution in [0.15, 0.2) is 42.9 Å². The first-order valence-corrected chi connectivity index (χ1v) is 5.88. The molecule has 17 heavy (non-hydrogen) atoms. The van der Waals surface area contributed by atoms with Crippen LogP contribution >= 0.6 is 0 Å². The van der Waals surface area contributed by atoms with E-state index in [-0.39, 0.29) is 0 Å². The Morgan fingerprint density at radius 1 is 1.18 bits per heavy atom. The number of nitrogens with zero attached hydrogens (tertiary/aromatic N) is 2. The first-order chi connectivity index (χ1) is 8.29. The number of rotatable bonds is 4. The average molecular weight is 227 g/mol. The Hall–Kier alpha value is -1.90. The quantitative estimate of drug-likeness (QED) is 0.870. The zero-order valence-electron chi connectivity index (χ0n) is 10.2. The van der Waals surface area contributed by atoms with E-state index in [1.54, 1.807) is 0 Å². The highest BCUT2D eigenvalue weighted by molar-refractivity contribution is 5.45. The Morgan fingerprint density at radius 2 is 1.94 bits per heavy atom. The van der Waals surface area contributed by atoms with Crippen LogP contribution in [0.2, 0.25) is 0 Å². The molecule has 0 aliphatic carbocycles. The summed E-state index contributed by atoms with van der Waals surface area (Å²) >= 11 is 0. The monoisotopic (exact) mass is 227 g/mol. The van der Waals surface area contributed by atoms with Crippen LogP contribution in [0.5, 0.6) is 0 Å². The molecule has 1 atom stereocenters. The Balaban J connectivity index is 2.16. The summed E-state index contributed by atoms with van der Waals surface area (Å²) in [7, 11) is 0. The minimum absolute atomic E-state index is 0.319. The third-order valence-electron chi connectivity index (χ3n) is 2.75. The molecule has 3 nitrogen and oxygen atoms in total. The van der Waals surface area contributed by atoms with Gasteiger partial charge in [0.25, 0.3) is 0 Å². The molecule has 0 bridgehead atoms. The fourth-order valence-electron chi connectivity index (χ4n) is 1.85. The van der Waals surface area contributed by atoms with Crippen LogP contribution in [0.4, 0.5) is 5.69 Å². The van der Waals surface area contributed by atoms with Crippen molar-refractivity contribution < 1.29 is 0 Å². The van der Waals surface area contributed by atoms with Crippen LogP contribution < -0.4 is 5.32 Å². The van der Waals surface area contributed by atoms with Crippen LogP contribution in [0, 0.1) is 6.92 Å². The number of hydrogen-bond acceptors (Lipinski definition) is 3. The lowest BCUT2D eigenvalue weighted by molar-refractivity contribution is 0.747. The number of pyridine rings is 2. The SMILES string of the molecule is CCC(Nc1ccnc(C)c1)c1ccncc1. The summed E-state index contributed by atoms with van der Waals surface area (Å²) in [4.78, 5) is 8.24. The fraction of sp³-hybridized carbons (Fsp3) is 0.286. The van der Waals surface area contributed by atoms with Crippen LogP contribution in [0.3, 0.4) is 0 Å². The van der Waals surface area contributed by atoms with Gasteiger partial charge < -0.3 is 5.32 Å². The number of aromatic nitrogens is 2. The van der Waals surface area contributed by atoms with Crippen LogP contribution in [0.1, 0.15) is 30.6 Å². The van der Waals surface area contributed by atoms with Gasteiger partial charge >= 0.3 is 0 Å². The molecule has 88 valence electrons. The number of nitrogens with one attached hydrogen (secondary N) is 1. The molecule has 3 heteroatoms. The van der Waals surface area contributed by atoms with Gasteiger partial charge in [-0.05, 0) is 43.2 Å². The van der Waals surface area contributed by atoms with E-state index in [0.29, 0.717) is 6.04 Å². The van der Waals surface area contributed by atoms with Crippen molar-refractivity contribution in [2.75, 3.05) is 5.32 Å². The molecule has 1 unspecified atom stereocenters. The van der Waals surface area contributed by atoms with Gasteiger partial charge in [0.05, 0.1) is 6.04 Å². The molecule has 2 aromatic rings. The van der Waals surface area contributed by atoms with Crippen molar-refractivity contribution in [2.45, 2.75) is 26.3 Å². The number of anilines is 1. The molecular weight excluding hydrogens is 210 g/mol. The van der Waals surface area contributed by atoms with E-state index in [2.05, 4.69) is 40.4 Å². The van der Waals surface area contributed by atoms with Gasteiger partial charge in [0.2, 0.25) is 0 Å². The standard InChI is InChI=1S/C14H17N3/c1-3-14(12-4-7-15-8-5-12)17-13-6-9-16-11(2)10-13/h4-10,14H,3H2,1-2H3,(H,16,17). The number of aryl methyl sites for hydroxylation is 1. The first kappa shape index (κ1) is 11.6. The van der Waals surface area contributed by atoms with Crippen molar-refractivity contribution in [2.24, 2.45) is 0 Å². The Kier molecular flexibility index (Phi) is 3.70. The Labute approximate surface area is 102 Å². The summed E-state index contributed by atoms with van der Waals surface area (Å²) in [5.41, 5.74) is 3.40. The molecule has 0 aliphatic heterocycles. The topological polar surface area (TPSA) is 37.8 Å². The molecule has 0 amide bonds. The maximum absolute atomic E-state index is 4.20. The maximum Gasteiger partial charge on any atom is 0.0512 e. The zero-order valence-corrected chi connectivity index (χ0v) is 10.2. The average Bonchev–Trinajstić information content (AvgIpc) is 2.37. The highest BCUT2D eigenvalue weighted by Crippen LogP contribution is 2.21. The van der Waals surface area contributed by atoms with Gasteiger partial charge in [-0.3, -0.25) is 9.97 Å². The molecule has 2 rings (SSSR count). The molecule has 0 saturated heterocycles. The van der Waals surface area contributed by atoms with Crippen LogP contribution in [-0.2, 0) is 0 Å². The molecule has 0 aromatic carbocycles. The van der Waals surface area contributed by atoms with Crippen molar-refractivity contribution in [1.82, 2.24) is 9.97 Å². The molecule has 0 fully saturated rings. The van der Waals surface area contributed by atoms with E-state index >= 15 is 0 Å². The van der Waals surface area contributed by atoms with E-state index in [9.17, 15) is 0 Å². The van der Waals surface area contributed by atoms with Gasteiger partial charge in [-0.1, -0.05) is 6.92 Å². The summed E-state index contributed by atoms with van der Waals surface area (Å²) in [6.07, 6.45) is 6.53. The van der Waals surface area contributed by atoms with Crippen LogP contribution in [0.25, 0.3) is 0 Å². The Bertz CT molecular complexity index is 468. The number of hydrogen-bond donors (Lipinski definition) is 1. The van der Waals surface area contributed by atoms with Gasteiger partial charge in [0.15, 0.2) is 0 Å². The maximum atomic E-state index is 4.20. The lowest BCUT2D eigenvalue weighted by atomic mass is 10.1. The van der Waals surface area contributed by atoms with Crippen molar-refractivity contribution in [3.63, 3.8) is 0 Å². The van der Waals surface area contributed by atoms with E-state index in [4.69, 9.17) is 0 Å². The van der Waals surface area contributed by atoms with Gasteiger partial charge in [-0.25, -0.2) is 0 Å². The van der Waals surface area contributed by atoms with Gasteiger partial charge in [-0.15, -0.1) is 0 Å². The summed E-state index contributed by atoms with van der Waals surface area (Å²) in [6.45, 7) is 4.17. The van der Waals surface area contributed by atoms with E-state index < -0.39 is 0 Å². The second kappa shape index (κ2) is 5.43. The molecular formula is C14H17N3. The molecule has 0 spiro atoms. The van der Waals surface area contributed by atoms with Gasteiger partial charge in [-0.2, -0.15) is 0 Å². The highest BCUT2D eigenvalue weighted by Gasteiger charge is 2.08. The van der Waals surface area contributed by atoms with Crippen molar-refractivity contribution in [3.8, 4) is 0 Å². The van der Waals surface area contributed by atoms with Crippen molar-refractivity contribution in [3.05, 3.63) is 54.1 Å². The summed E-state index contributed by atoms with van der Waals surface area (Å²) in [5.74, 6) is 0. The van der Waals surface area contributed by atoms with E-state index in [0.717, 1.165) is 17.8 Å². The summed E-state index contributed by atoms with van der Waals surface area (Å²) < 4.78 is 0. The van der Waals surface area contributed by atoms with E-state index in [1.165, 1.54) is 5.56 Å². The highest BCUT2D eigenvalue weighted by atomic mass is 14.9. The summed E-state index contributed by atoms with van der Waals surface area (Å²) in [6, 6.07) is 8.48. The van der Waals surface area contributed by atoms with Gasteiger partial charge in [0.1, 0.15) is 0 Å². The predicted octanol–water partition coefficient (Wildman–Crippen LogP) is 3.35. The second-order valence-electron chi connectivity index (χ2n) is 4.07. The minimum Gasteiger partial charge on any atom is -0.378 e. The minimum atomic E-state index is 0.319. The third-order valence-corrected chi connectivity index (χ3v) is 2.75. The first-order valence-electron chi connectivity index (χ1n) is 5.88. The lowest BCUT2D eigenvalue weighted by Gasteiger charge is -2.18. The zero-order chi connectivity index (χ0) is 12.1. The van der Waals surface area contributed by atoms with Crippen molar-refractivity contribution in [1.29, 1.82) is 0 Å². The molecule has 2 aromatic heterocycles.